The fourth-order valence-corrected chi connectivity index (χ4v) is 2.46. The quantitative estimate of drug-likeness (QED) is 0.352. The SMILES string of the molecule is CCOC(=O)[C@H]1CCC[C@@H](NC(=O)N(CCCl)N=O)C1. The molecule has 0 heterocycles. The maximum Gasteiger partial charge on any atom is 0.340 e. The van der Waals surface area contributed by atoms with Gasteiger partial charge in [-0.1, -0.05) is 6.42 Å². The Hall–Kier alpha value is -1.37. The van der Waals surface area contributed by atoms with Crippen molar-refractivity contribution in [2.75, 3.05) is 19.0 Å². The highest BCUT2D eigenvalue weighted by Gasteiger charge is 2.30. The zero-order chi connectivity index (χ0) is 15.0. The Morgan fingerprint density at radius 1 is 1.45 bits per heavy atom. The first-order valence-electron chi connectivity index (χ1n) is 6.76. The predicted octanol–water partition coefficient (Wildman–Crippen LogP) is 2.04. The van der Waals surface area contributed by atoms with Crippen LogP contribution in [-0.2, 0) is 9.53 Å². The monoisotopic (exact) mass is 305 g/mol. The molecule has 0 aromatic rings. The number of urea groups is 1. The topological polar surface area (TPSA) is 88.1 Å². The van der Waals surface area contributed by atoms with Crippen LogP contribution in [0.25, 0.3) is 0 Å². The largest absolute Gasteiger partial charge is 0.466 e. The lowest BCUT2D eigenvalue weighted by molar-refractivity contribution is -0.149. The number of nitroso groups, excluding NO2 is 1. The number of hydrogen-bond donors (Lipinski definition) is 1. The first-order chi connectivity index (χ1) is 9.62. The van der Waals surface area contributed by atoms with E-state index in [-0.39, 0.29) is 30.4 Å². The molecule has 1 fully saturated rings. The molecule has 2 atom stereocenters. The van der Waals surface area contributed by atoms with Crippen molar-refractivity contribution in [1.82, 2.24) is 10.3 Å². The van der Waals surface area contributed by atoms with Gasteiger partial charge in [0.15, 0.2) is 0 Å². The molecular formula is C12H20ClN3O4. The Bertz CT molecular complexity index is 354. The van der Waals surface area contributed by atoms with Crippen molar-refractivity contribution in [3.05, 3.63) is 4.91 Å². The summed E-state index contributed by atoms with van der Waals surface area (Å²) >= 11 is 5.48. The van der Waals surface area contributed by atoms with E-state index in [0.29, 0.717) is 13.0 Å². The van der Waals surface area contributed by atoms with Crippen LogP contribution in [0.15, 0.2) is 5.29 Å². The number of amides is 2. The molecule has 20 heavy (non-hydrogen) atoms. The number of rotatable bonds is 6. The zero-order valence-corrected chi connectivity index (χ0v) is 12.3. The smallest absolute Gasteiger partial charge is 0.340 e. The van der Waals surface area contributed by atoms with Crippen molar-refractivity contribution < 1.29 is 14.3 Å². The van der Waals surface area contributed by atoms with Crippen LogP contribution in [0, 0.1) is 10.8 Å². The third-order valence-electron chi connectivity index (χ3n) is 3.25. The highest BCUT2D eigenvalue weighted by atomic mass is 35.5. The van der Waals surface area contributed by atoms with Crippen LogP contribution < -0.4 is 5.32 Å². The minimum absolute atomic E-state index is 0.0604. The van der Waals surface area contributed by atoms with E-state index in [4.69, 9.17) is 16.3 Å². The molecule has 2 amide bonds. The Morgan fingerprint density at radius 3 is 2.80 bits per heavy atom. The molecule has 0 aromatic heterocycles. The van der Waals surface area contributed by atoms with Crippen molar-refractivity contribution in [2.45, 2.75) is 38.6 Å². The molecule has 0 radical (unpaired) electrons. The van der Waals surface area contributed by atoms with Crippen molar-refractivity contribution in [3.8, 4) is 0 Å². The average Bonchev–Trinajstić information content (AvgIpc) is 2.45. The van der Waals surface area contributed by atoms with Gasteiger partial charge in [0.1, 0.15) is 0 Å². The Morgan fingerprint density at radius 2 is 2.20 bits per heavy atom. The van der Waals surface area contributed by atoms with E-state index in [1.807, 2.05) is 0 Å². The zero-order valence-electron chi connectivity index (χ0n) is 11.5. The number of esters is 1. The van der Waals surface area contributed by atoms with E-state index in [0.717, 1.165) is 24.3 Å². The molecule has 0 unspecified atom stereocenters. The van der Waals surface area contributed by atoms with Crippen molar-refractivity contribution in [2.24, 2.45) is 11.2 Å². The second-order valence-corrected chi connectivity index (χ2v) is 5.03. The van der Waals surface area contributed by atoms with Gasteiger partial charge in [0.25, 0.3) is 0 Å². The second-order valence-electron chi connectivity index (χ2n) is 4.66. The van der Waals surface area contributed by atoms with Crippen LogP contribution in [0.4, 0.5) is 4.79 Å². The first kappa shape index (κ1) is 16.7. The standard InChI is InChI=1S/C12H20ClN3O4/c1-2-20-11(17)9-4-3-5-10(8-9)14-12(18)16(15-19)7-6-13/h9-10H,2-8H2,1H3,(H,14,18)/t9-,10+/m0/s1. The molecule has 0 bridgehead atoms. The molecule has 0 aromatic carbocycles. The summed E-state index contributed by atoms with van der Waals surface area (Å²) in [7, 11) is 0. The van der Waals surface area contributed by atoms with Gasteiger partial charge >= 0.3 is 12.0 Å². The molecule has 1 saturated carbocycles. The van der Waals surface area contributed by atoms with Crippen molar-refractivity contribution in [1.29, 1.82) is 0 Å². The lowest BCUT2D eigenvalue weighted by Crippen LogP contribution is -2.45. The summed E-state index contributed by atoms with van der Waals surface area (Å²) < 4.78 is 4.99. The van der Waals surface area contributed by atoms with Crippen molar-refractivity contribution >= 4 is 23.6 Å². The number of alkyl halides is 1. The van der Waals surface area contributed by atoms with Gasteiger partial charge in [-0.2, -0.15) is 5.01 Å². The molecule has 0 spiro atoms. The summed E-state index contributed by atoms with van der Waals surface area (Å²) in [6.07, 6.45) is 2.90. The molecule has 7 nitrogen and oxygen atoms in total. The van der Waals surface area contributed by atoms with E-state index in [2.05, 4.69) is 10.6 Å². The number of nitrogens with one attached hydrogen (secondary N) is 1. The van der Waals surface area contributed by atoms with Gasteiger partial charge in [0, 0.05) is 11.9 Å². The minimum Gasteiger partial charge on any atom is -0.466 e. The van der Waals surface area contributed by atoms with Crippen LogP contribution in [-0.4, -0.2) is 42.1 Å². The number of hydrogen-bond acceptors (Lipinski definition) is 5. The fourth-order valence-electron chi connectivity index (χ4n) is 2.30. The average molecular weight is 306 g/mol. The second kappa shape index (κ2) is 8.73. The number of halogens is 1. The van der Waals surface area contributed by atoms with Crippen LogP contribution in [0.5, 0.6) is 0 Å². The van der Waals surface area contributed by atoms with Crippen LogP contribution >= 0.6 is 11.6 Å². The van der Waals surface area contributed by atoms with E-state index in [1.54, 1.807) is 6.92 Å². The summed E-state index contributed by atoms with van der Waals surface area (Å²) in [5.41, 5.74) is 0. The Balaban J connectivity index is 2.49. The third kappa shape index (κ3) is 4.96. The van der Waals surface area contributed by atoms with Gasteiger partial charge in [0.2, 0.25) is 0 Å². The first-order valence-corrected chi connectivity index (χ1v) is 7.29. The van der Waals surface area contributed by atoms with Crippen molar-refractivity contribution in [3.63, 3.8) is 0 Å². The normalized spacial score (nSPS) is 21.9. The minimum atomic E-state index is -0.574. The van der Waals surface area contributed by atoms with Crippen LogP contribution in [0.3, 0.4) is 0 Å². The number of carbonyl (C=O) groups is 2. The fraction of sp³-hybridized carbons (Fsp3) is 0.833. The maximum absolute atomic E-state index is 11.8. The maximum atomic E-state index is 11.8. The predicted molar refractivity (Wildman–Crippen MR) is 74.1 cm³/mol. The van der Waals surface area contributed by atoms with E-state index in [1.165, 1.54) is 0 Å². The van der Waals surface area contributed by atoms with E-state index < -0.39 is 6.03 Å². The number of ether oxygens (including phenoxy) is 1. The summed E-state index contributed by atoms with van der Waals surface area (Å²) in [6, 6.07) is -0.722. The molecule has 114 valence electrons. The molecule has 0 saturated heterocycles. The van der Waals surface area contributed by atoms with E-state index >= 15 is 0 Å². The van der Waals surface area contributed by atoms with Gasteiger partial charge in [0.05, 0.1) is 24.4 Å². The number of carbonyl (C=O) groups excluding carboxylic acids is 2. The molecule has 0 aliphatic heterocycles. The van der Waals surface area contributed by atoms with Gasteiger partial charge < -0.3 is 10.1 Å². The van der Waals surface area contributed by atoms with Gasteiger partial charge in [-0.15, -0.1) is 16.5 Å². The number of nitrogens with zero attached hydrogens (tertiary/aromatic N) is 2. The summed E-state index contributed by atoms with van der Waals surface area (Å²) in [5, 5.41) is 6.08. The summed E-state index contributed by atoms with van der Waals surface area (Å²) in [6.45, 7) is 2.18. The lowest BCUT2D eigenvalue weighted by atomic mass is 9.86. The summed E-state index contributed by atoms with van der Waals surface area (Å²) in [4.78, 5) is 34.0. The Labute approximate surface area is 122 Å². The molecular weight excluding hydrogens is 286 g/mol. The van der Waals surface area contributed by atoms with Gasteiger partial charge in [-0.3, -0.25) is 4.79 Å². The van der Waals surface area contributed by atoms with E-state index in [9.17, 15) is 14.5 Å². The Kier molecular flexibility index (Phi) is 7.28. The molecule has 1 aliphatic rings. The molecule has 1 rings (SSSR count). The third-order valence-corrected chi connectivity index (χ3v) is 3.42. The van der Waals surface area contributed by atoms with Crippen LogP contribution in [0.2, 0.25) is 0 Å². The summed E-state index contributed by atoms with van der Waals surface area (Å²) in [5.74, 6) is -0.285. The van der Waals surface area contributed by atoms with Gasteiger partial charge in [-0.25, -0.2) is 4.79 Å². The molecule has 1 N–H and O–H groups in total. The van der Waals surface area contributed by atoms with Crippen LogP contribution in [0.1, 0.15) is 32.6 Å². The van der Waals surface area contributed by atoms with Gasteiger partial charge in [-0.05, 0) is 26.2 Å². The molecule has 1 aliphatic carbocycles. The highest BCUT2D eigenvalue weighted by molar-refractivity contribution is 6.18. The molecule has 8 heteroatoms. The lowest BCUT2D eigenvalue weighted by Gasteiger charge is -2.29. The highest BCUT2D eigenvalue weighted by Crippen LogP contribution is 2.25.